The van der Waals surface area contributed by atoms with Gasteiger partial charge in [-0.1, -0.05) is 258 Å². The molecular weight excluding hydrogens is 843 g/mol. The molecule has 0 fully saturated rings. The van der Waals surface area contributed by atoms with E-state index in [1.54, 1.807) is 0 Å². The molecule has 0 aliphatic carbocycles. The summed E-state index contributed by atoms with van der Waals surface area (Å²) in [5.41, 5.74) is 5.52. The van der Waals surface area contributed by atoms with Crippen molar-refractivity contribution in [2.24, 2.45) is 11.8 Å². The van der Waals surface area contributed by atoms with Crippen LogP contribution in [0.15, 0.2) is 48.5 Å². The van der Waals surface area contributed by atoms with Crippen LogP contribution in [0, 0.1) is 11.8 Å². The van der Waals surface area contributed by atoms with Crippen molar-refractivity contribution in [2.45, 2.75) is 264 Å². The lowest BCUT2D eigenvalue weighted by Crippen LogP contribution is -2.24. The Morgan fingerprint density at radius 3 is 0.954 bits per heavy atom. The summed E-state index contributed by atoms with van der Waals surface area (Å²) in [4.78, 5) is 40.4. The maximum atomic E-state index is 10.1. The summed E-state index contributed by atoms with van der Waals surface area (Å²) in [5, 5.41) is 0. The molecule has 4 unspecified atom stereocenters. The van der Waals surface area contributed by atoms with Crippen LogP contribution in [0.5, 0.6) is 0 Å². The molecule has 0 heterocycles. The first kappa shape index (κ1) is 60.2. The highest BCUT2D eigenvalue weighted by Crippen LogP contribution is 2.43. The molecule has 65 heavy (non-hydrogen) atoms. The molecule has 376 valence electrons. The number of rotatable bonds is 40. The van der Waals surface area contributed by atoms with Gasteiger partial charge in [-0.25, -0.2) is 0 Å². The minimum Gasteiger partial charge on any atom is -0.328 e. The van der Waals surface area contributed by atoms with Crippen molar-refractivity contribution < 1.29 is 28.6 Å². The molecule has 0 bridgehead atoms. The zero-order chi connectivity index (χ0) is 47.8. The molecule has 2 aromatic carbocycles. The third-order valence-electron chi connectivity index (χ3n) is 14.0. The Morgan fingerprint density at radius 2 is 0.677 bits per heavy atom. The van der Waals surface area contributed by atoms with Crippen LogP contribution in [0.25, 0.3) is 0 Å². The van der Waals surface area contributed by atoms with Gasteiger partial charge < -0.3 is 28.6 Å². The zero-order valence-corrected chi connectivity index (χ0v) is 45.1. The van der Waals surface area contributed by atoms with Gasteiger partial charge in [0.05, 0.1) is 13.2 Å². The Labute approximate surface area is 404 Å². The van der Waals surface area contributed by atoms with Crippen molar-refractivity contribution in [3.63, 3.8) is 0 Å². The van der Waals surface area contributed by atoms with Crippen LogP contribution in [0.4, 0.5) is 0 Å². The van der Waals surface area contributed by atoms with Gasteiger partial charge in [0, 0.05) is 0 Å². The second-order valence-corrected chi connectivity index (χ2v) is 23.5. The second kappa shape index (κ2) is 36.1. The Hall–Kier alpha value is -0.940. The molecule has 0 spiro atoms. The smallest absolute Gasteiger partial charge is 0.327 e. The van der Waals surface area contributed by atoms with Gasteiger partial charge >= 0.3 is 17.2 Å². The first-order chi connectivity index (χ1) is 31.2. The van der Waals surface area contributed by atoms with Gasteiger partial charge in [-0.2, -0.15) is 0 Å². The zero-order valence-electron chi connectivity index (χ0n) is 43.3. The maximum absolute atomic E-state index is 10.1. The van der Waals surface area contributed by atoms with Crippen molar-refractivity contribution in [1.29, 1.82) is 0 Å². The van der Waals surface area contributed by atoms with Gasteiger partial charge in [0.15, 0.2) is 0 Å². The minimum absolute atomic E-state index is 0.0146. The third-order valence-corrected chi connectivity index (χ3v) is 14.7. The van der Waals surface area contributed by atoms with E-state index in [1.165, 1.54) is 164 Å². The quantitative estimate of drug-likeness (QED) is 0.0392. The van der Waals surface area contributed by atoms with Crippen molar-refractivity contribution in [2.75, 3.05) is 13.2 Å². The molecule has 2 aromatic rings. The fourth-order valence-corrected chi connectivity index (χ4v) is 11.1. The molecule has 4 N–H and O–H groups in total. The number of hydrogen-bond acceptors (Lipinski definition) is 6. The lowest BCUT2D eigenvalue weighted by molar-refractivity contribution is 0.141. The summed E-state index contributed by atoms with van der Waals surface area (Å²) in [7, 11) is -5.01. The first-order valence-electron chi connectivity index (χ1n) is 27.0. The van der Waals surface area contributed by atoms with Crippen molar-refractivity contribution >= 4 is 17.2 Å². The van der Waals surface area contributed by atoms with E-state index in [1.807, 2.05) is 0 Å². The summed E-state index contributed by atoms with van der Waals surface area (Å²) in [6.45, 7) is 18.9. The first-order valence-corrected chi connectivity index (χ1v) is 29.3. The van der Waals surface area contributed by atoms with E-state index in [2.05, 4.69) is 104 Å². The normalized spacial score (nSPS) is 14.4. The van der Waals surface area contributed by atoms with Crippen molar-refractivity contribution in [3.05, 3.63) is 70.8 Å². The number of hydrogen-bond donors (Lipinski definition) is 4. The van der Waals surface area contributed by atoms with Crippen LogP contribution in [-0.4, -0.2) is 32.8 Å². The number of unbranched alkanes of at least 4 members (excludes halogenated alkanes) is 22. The molecule has 0 radical (unpaired) electrons. The van der Waals surface area contributed by atoms with Gasteiger partial charge in [0.25, 0.3) is 0 Å². The van der Waals surface area contributed by atoms with Crippen LogP contribution in [0.1, 0.15) is 276 Å². The predicted octanol–water partition coefficient (Wildman–Crippen LogP) is 18.2. The van der Waals surface area contributed by atoms with Gasteiger partial charge in [0.2, 0.25) is 0 Å². The molecule has 0 saturated heterocycles. The van der Waals surface area contributed by atoms with Crippen LogP contribution in [0.3, 0.4) is 0 Å². The van der Waals surface area contributed by atoms with Crippen molar-refractivity contribution in [3.8, 4) is 0 Å². The maximum Gasteiger partial charge on any atom is 0.327 e. The molecular formula is C57H102O6P2. The molecule has 2 rings (SSSR count). The molecule has 0 aromatic heterocycles. The summed E-state index contributed by atoms with van der Waals surface area (Å²) in [6, 6.07) is 17.9. The van der Waals surface area contributed by atoms with E-state index in [4.69, 9.17) is 9.05 Å². The summed E-state index contributed by atoms with van der Waals surface area (Å²) < 4.78 is 11.4. The SMILES string of the molecule is CCCCCCCCCCCCCCC(CC(COP(O)O)CC(COP(O)O)CC(CCCCCCCCCCCCCC)c1ccccc1C(C)(C)C)c1ccccc1C(C)(C)C. The topological polar surface area (TPSA) is 99.4 Å². The number of benzene rings is 2. The van der Waals surface area contributed by atoms with Crippen molar-refractivity contribution in [1.82, 2.24) is 0 Å². The molecule has 6 nitrogen and oxygen atoms in total. The average molecular weight is 945 g/mol. The van der Waals surface area contributed by atoms with E-state index in [0.29, 0.717) is 11.8 Å². The van der Waals surface area contributed by atoms with Gasteiger partial charge in [-0.15, -0.1) is 0 Å². The lowest BCUT2D eigenvalue weighted by Gasteiger charge is -2.33. The fourth-order valence-electron chi connectivity index (χ4n) is 10.4. The van der Waals surface area contributed by atoms with E-state index in [9.17, 15) is 19.6 Å². The Kier molecular flexibility index (Phi) is 33.4. The van der Waals surface area contributed by atoms with Crippen LogP contribution in [-0.2, 0) is 19.9 Å². The Morgan fingerprint density at radius 1 is 0.400 bits per heavy atom. The summed E-state index contributed by atoms with van der Waals surface area (Å²) >= 11 is 0. The van der Waals surface area contributed by atoms with Crippen LogP contribution < -0.4 is 0 Å². The standard InChI is InChI=1S/C57H102O6P2/c1-9-11-13-15-17-19-21-23-25-27-29-31-37-50(52-39-33-35-41-54(52)56(3,4)5)44-48(46-62-64(58)59)43-49(47-63-65(60)61)45-51(53-40-34-36-42-55(53)57(6,7)8)38-32-30-28-26-24-22-20-18-16-14-12-10-2/h33-36,39-42,48-51,58-61H,9-32,37-38,43-47H2,1-8H3. The van der Waals surface area contributed by atoms with Gasteiger partial charge in [-0.05, 0) is 88.9 Å². The highest BCUT2D eigenvalue weighted by molar-refractivity contribution is 7.39. The monoisotopic (exact) mass is 945 g/mol. The Bertz CT molecular complexity index is 1320. The Balaban J connectivity index is 2.30. The lowest BCUT2D eigenvalue weighted by atomic mass is 9.73. The van der Waals surface area contributed by atoms with Gasteiger partial charge in [-0.3, -0.25) is 0 Å². The van der Waals surface area contributed by atoms with Crippen LogP contribution in [0.2, 0.25) is 0 Å². The molecule has 4 atom stereocenters. The second-order valence-electron chi connectivity index (χ2n) is 22.0. The molecule has 8 heteroatoms. The molecule has 0 amide bonds. The minimum atomic E-state index is -2.51. The van der Waals surface area contributed by atoms with E-state index in [-0.39, 0.29) is 35.9 Å². The highest BCUT2D eigenvalue weighted by atomic mass is 31.2. The molecule has 0 aliphatic heterocycles. The van der Waals surface area contributed by atoms with E-state index in [0.717, 1.165) is 44.9 Å². The fraction of sp³-hybridized carbons (Fsp3) is 0.789. The van der Waals surface area contributed by atoms with E-state index < -0.39 is 17.2 Å². The largest absolute Gasteiger partial charge is 0.328 e. The molecule has 0 saturated carbocycles. The molecule has 0 aliphatic rings. The predicted molar refractivity (Wildman–Crippen MR) is 283 cm³/mol. The third kappa shape index (κ3) is 28.4. The summed E-state index contributed by atoms with van der Waals surface area (Å²) in [6.07, 6.45) is 36.4. The van der Waals surface area contributed by atoms with Gasteiger partial charge in [0.1, 0.15) is 0 Å². The highest BCUT2D eigenvalue weighted by Gasteiger charge is 2.30. The van der Waals surface area contributed by atoms with Crippen LogP contribution >= 0.6 is 17.2 Å². The average Bonchev–Trinajstić information content (AvgIpc) is 3.26. The van der Waals surface area contributed by atoms with E-state index >= 15 is 0 Å². The summed E-state index contributed by atoms with van der Waals surface area (Å²) in [5.74, 6) is 0.631.